The standard InChI is InChI=1S/C16H19NO3/c1-12-6-8-14(9-7-12)17(11-10-15(18)19)16(20)13-4-2-3-5-13/h2-3,6-9,13H,4-5,10-11H2,1H3,(H,18,19). The fourth-order valence-electron chi connectivity index (χ4n) is 2.34. The molecule has 0 radical (unpaired) electrons. The summed E-state index contributed by atoms with van der Waals surface area (Å²) in [6.45, 7) is 2.20. The van der Waals surface area contributed by atoms with Gasteiger partial charge in [-0.25, -0.2) is 0 Å². The van der Waals surface area contributed by atoms with Crippen molar-refractivity contribution in [3.8, 4) is 0 Å². The first-order chi connectivity index (χ1) is 9.58. The molecule has 1 N–H and O–H groups in total. The maximum atomic E-state index is 12.5. The molecule has 0 saturated carbocycles. The Morgan fingerprint density at radius 2 is 1.80 bits per heavy atom. The number of aliphatic carboxylic acids is 1. The normalized spacial score (nSPS) is 14.4. The van der Waals surface area contributed by atoms with Crippen LogP contribution in [0.3, 0.4) is 0 Å². The van der Waals surface area contributed by atoms with Gasteiger partial charge in [0.25, 0.3) is 0 Å². The van der Waals surface area contributed by atoms with Crippen LogP contribution in [0.4, 0.5) is 5.69 Å². The van der Waals surface area contributed by atoms with Crippen molar-refractivity contribution in [2.75, 3.05) is 11.4 Å². The number of carbonyl (C=O) groups excluding carboxylic acids is 1. The largest absolute Gasteiger partial charge is 0.481 e. The molecule has 106 valence electrons. The molecule has 0 aliphatic heterocycles. The molecule has 0 aromatic heterocycles. The van der Waals surface area contributed by atoms with Crippen LogP contribution in [0.5, 0.6) is 0 Å². The Balaban J connectivity index is 2.16. The minimum Gasteiger partial charge on any atom is -0.481 e. The zero-order chi connectivity index (χ0) is 14.5. The van der Waals surface area contributed by atoms with Gasteiger partial charge >= 0.3 is 5.97 Å². The van der Waals surface area contributed by atoms with E-state index in [0.29, 0.717) is 0 Å². The molecular weight excluding hydrogens is 254 g/mol. The molecule has 0 saturated heterocycles. The van der Waals surface area contributed by atoms with Crippen LogP contribution in [-0.4, -0.2) is 23.5 Å². The SMILES string of the molecule is Cc1ccc(N(CCC(=O)O)C(=O)C2CC=CC2)cc1. The third kappa shape index (κ3) is 3.47. The number of amides is 1. The van der Waals surface area contributed by atoms with E-state index in [2.05, 4.69) is 0 Å². The first-order valence-corrected chi connectivity index (χ1v) is 6.83. The molecule has 0 atom stereocenters. The minimum atomic E-state index is -0.889. The van der Waals surface area contributed by atoms with Crippen molar-refractivity contribution in [1.82, 2.24) is 0 Å². The van der Waals surface area contributed by atoms with E-state index in [1.165, 1.54) is 0 Å². The summed E-state index contributed by atoms with van der Waals surface area (Å²) in [7, 11) is 0. The predicted molar refractivity (Wildman–Crippen MR) is 77.6 cm³/mol. The van der Waals surface area contributed by atoms with Gasteiger partial charge in [-0.05, 0) is 31.9 Å². The Morgan fingerprint density at radius 1 is 1.20 bits per heavy atom. The van der Waals surface area contributed by atoms with Gasteiger partial charge < -0.3 is 10.0 Å². The van der Waals surface area contributed by atoms with Crippen molar-refractivity contribution in [3.63, 3.8) is 0 Å². The minimum absolute atomic E-state index is 0.0140. The van der Waals surface area contributed by atoms with E-state index in [1.54, 1.807) is 4.90 Å². The lowest BCUT2D eigenvalue weighted by Crippen LogP contribution is -2.37. The molecule has 1 aromatic rings. The van der Waals surface area contributed by atoms with Crippen molar-refractivity contribution < 1.29 is 14.7 Å². The first kappa shape index (κ1) is 14.3. The van der Waals surface area contributed by atoms with Crippen LogP contribution < -0.4 is 4.90 Å². The molecule has 1 aliphatic rings. The molecule has 1 aliphatic carbocycles. The Bertz CT molecular complexity index is 511. The average Bonchev–Trinajstić information content (AvgIpc) is 2.94. The average molecular weight is 273 g/mol. The lowest BCUT2D eigenvalue weighted by Gasteiger charge is -2.25. The van der Waals surface area contributed by atoms with Crippen molar-refractivity contribution in [2.45, 2.75) is 26.2 Å². The van der Waals surface area contributed by atoms with E-state index in [0.717, 1.165) is 24.1 Å². The van der Waals surface area contributed by atoms with Crippen molar-refractivity contribution in [3.05, 3.63) is 42.0 Å². The highest BCUT2D eigenvalue weighted by atomic mass is 16.4. The number of allylic oxidation sites excluding steroid dienone is 2. The molecule has 4 nitrogen and oxygen atoms in total. The third-order valence-corrected chi connectivity index (χ3v) is 3.52. The molecule has 4 heteroatoms. The number of benzene rings is 1. The molecule has 0 bridgehead atoms. The second-order valence-corrected chi connectivity index (χ2v) is 5.11. The van der Waals surface area contributed by atoms with Gasteiger partial charge in [0.05, 0.1) is 6.42 Å². The quantitative estimate of drug-likeness (QED) is 0.839. The van der Waals surface area contributed by atoms with E-state index >= 15 is 0 Å². The van der Waals surface area contributed by atoms with Gasteiger partial charge in [0.15, 0.2) is 0 Å². The molecule has 0 fully saturated rings. The molecule has 0 unspecified atom stereocenters. The van der Waals surface area contributed by atoms with Crippen molar-refractivity contribution >= 4 is 17.6 Å². The summed E-state index contributed by atoms with van der Waals surface area (Å²) in [5.41, 5.74) is 1.88. The fourth-order valence-corrected chi connectivity index (χ4v) is 2.34. The molecular formula is C16H19NO3. The van der Waals surface area contributed by atoms with E-state index in [-0.39, 0.29) is 24.8 Å². The van der Waals surface area contributed by atoms with E-state index < -0.39 is 5.97 Å². The van der Waals surface area contributed by atoms with Crippen LogP contribution in [0.25, 0.3) is 0 Å². The molecule has 1 aromatic carbocycles. The first-order valence-electron chi connectivity index (χ1n) is 6.83. The number of hydrogen-bond donors (Lipinski definition) is 1. The summed E-state index contributed by atoms with van der Waals surface area (Å²) in [4.78, 5) is 24.9. The van der Waals surface area contributed by atoms with Gasteiger partial charge in [-0.2, -0.15) is 0 Å². The van der Waals surface area contributed by atoms with Crippen molar-refractivity contribution in [1.29, 1.82) is 0 Å². The Hall–Kier alpha value is -2.10. The lowest BCUT2D eigenvalue weighted by molar-refractivity contribution is -0.136. The summed E-state index contributed by atoms with van der Waals surface area (Å²) >= 11 is 0. The van der Waals surface area contributed by atoms with Gasteiger partial charge in [0.2, 0.25) is 5.91 Å². The maximum Gasteiger partial charge on any atom is 0.305 e. The number of hydrogen-bond acceptors (Lipinski definition) is 2. The molecule has 2 rings (SSSR count). The predicted octanol–water partition coefficient (Wildman–Crippen LogP) is 2.77. The maximum absolute atomic E-state index is 12.5. The lowest BCUT2D eigenvalue weighted by atomic mass is 10.0. The van der Waals surface area contributed by atoms with Crippen LogP contribution in [-0.2, 0) is 9.59 Å². The Morgan fingerprint density at radius 3 is 2.35 bits per heavy atom. The monoisotopic (exact) mass is 273 g/mol. The molecule has 20 heavy (non-hydrogen) atoms. The zero-order valence-corrected chi connectivity index (χ0v) is 11.6. The van der Waals surface area contributed by atoms with Crippen LogP contribution >= 0.6 is 0 Å². The van der Waals surface area contributed by atoms with Gasteiger partial charge in [-0.15, -0.1) is 0 Å². The van der Waals surface area contributed by atoms with E-state index in [1.807, 2.05) is 43.3 Å². The van der Waals surface area contributed by atoms with E-state index in [4.69, 9.17) is 5.11 Å². The number of nitrogens with zero attached hydrogens (tertiary/aromatic N) is 1. The molecule has 1 amide bonds. The summed E-state index contributed by atoms with van der Waals surface area (Å²) in [5, 5.41) is 8.85. The van der Waals surface area contributed by atoms with Crippen molar-refractivity contribution in [2.24, 2.45) is 5.92 Å². The highest BCUT2D eigenvalue weighted by Gasteiger charge is 2.26. The Labute approximate surface area is 118 Å². The number of anilines is 1. The molecule has 0 heterocycles. The van der Waals surface area contributed by atoms with Gasteiger partial charge in [0, 0.05) is 18.2 Å². The highest BCUT2D eigenvalue weighted by Crippen LogP contribution is 2.24. The summed E-state index contributed by atoms with van der Waals surface area (Å²) in [6, 6.07) is 7.61. The summed E-state index contributed by atoms with van der Waals surface area (Å²) < 4.78 is 0. The fraction of sp³-hybridized carbons (Fsp3) is 0.375. The van der Waals surface area contributed by atoms with Crippen LogP contribution in [0.2, 0.25) is 0 Å². The van der Waals surface area contributed by atoms with Gasteiger partial charge in [0.1, 0.15) is 0 Å². The highest BCUT2D eigenvalue weighted by molar-refractivity contribution is 5.95. The number of aryl methyl sites for hydroxylation is 1. The van der Waals surface area contributed by atoms with Gasteiger partial charge in [-0.1, -0.05) is 29.8 Å². The second kappa shape index (κ2) is 6.37. The topological polar surface area (TPSA) is 57.6 Å². The number of carboxylic acids is 1. The number of carbonyl (C=O) groups is 2. The zero-order valence-electron chi connectivity index (χ0n) is 11.6. The van der Waals surface area contributed by atoms with E-state index in [9.17, 15) is 9.59 Å². The molecule has 0 spiro atoms. The summed E-state index contributed by atoms with van der Waals surface area (Å²) in [5.74, 6) is -0.926. The third-order valence-electron chi connectivity index (χ3n) is 3.52. The van der Waals surface area contributed by atoms with Crippen LogP contribution in [0.1, 0.15) is 24.8 Å². The van der Waals surface area contributed by atoms with Crippen LogP contribution in [0, 0.1) is 12.8 Å². The summed E-state index contributed by atoms with van der Waals surface area (Å²) in [6.07, 6.45) is 5.46. The Kier molecular flexibility index (Phi) is 4.56. The second-order valence-electron chi connectivity index (χ2n) is 5.11. The van der Waals surface area contributed by atoms with Crippen LogP contribution in [0.15, 0.2) is 36.4 Å². The number of carboxylic acid groups (broad SMARTS) is 1. The van der Waals surface area contributed by atoms with Gasteiger partial charge in [-0.3, -0.25) is 9.59 Å². The smallest absolute Gasteiger partial charge is 0.305 e. The number of rotatable bonds is 5.